The monoisotopic (exact) mass is 815 g/mol. The van der Waals surface area contributed by atoms with Crippen molar-refractivity contribution in [3.8, 4) is 0 Å². The van der Waals surface area contributed by atoms with Crippen molar-refractivity contribution in [1.29, 1.82) is 0 Å². The summed E-state index contributed by atoms with van der Waals surface area (Å²) in [6.07, 6.45) is -12.2. The number of aliphatic hydroxyl groups excluding tert-OH is 2. The first-order chi connectivity index (χ1) is 24.7. The number of hydrogen-bond acceptors (Lipinski definition) is 21. The average molecular weight is 816 g/mol. The van der Waals surface area contributed by atoms with Crippen LogP contribution in [0.25, 0.3) is 11.0 Å². The molecular weight excluding hydrogens is 776 g/mol. The fourth-order valence-electron chi connectivity index (χ4n) is 5.68. The van der Waals surface area contributed by atoms with Gasteiger partial charge in [0.25, 0.3) is 0 Å². The summed E-state index contributed by atoms with van der Waals surface area (Å²) in [5.41, 5.74) is 7.07. The Hall–Kier alpha value is -3.25. The number of ether oxygens (including phenoxy) is 6. The molecule has 2 saturated heterocycles. The van der Waals surface area contributed by atoms with Gasteiger partial charge in [0.2, 0.25) is 6.29 Å². The second-order valence-corrected chi connectivity index (χ2v) is 16.1. The number of hydrogen-bond donors (Lipinski definition) is 7. The van der Waals surface area contributed by atoms with E-state index in [1.807, 2.05) is 0 Å². The van der Waals surface area contributed by atoms with E-state index in [1.165, 1.54) is 19.6 Å². The van der Waals surface area contributed by atoms with Crippen LogP contribution >= 0.6 is 26.9 Å². The molecule has 7 N–H and O–H groups in total. The van der Waals surface area contributed by atoms with Gasteiger partial charge in [-0.15, -0.1) is 0 Å². The number of nitrogens with one attached hydrogen (secondary N) is 2. The van der Waals surface area contributed by atoms with Gasteiger partial charge in [0, 0.05) is 39.5 Å². The molecule has 2 aromatic heterocycles. The number of nitrogens with zero attached hydrogens (tertiary/aromatic N) is 2. The minimum atomic E-state index is -5.67. The summed E-state index contributed by atoms with van der Waals surface area (Å²) >= 11 is 3.77. The quantitative estimate of drug-likeness (QED) is 0.0518. The minimum Gasteiger partial charge on any atom is -0.462 e. The summed E-state index contributed by atoms with van der Waals surface area (Å²) in [5, 5.41) is 25.0. The van der Waals surface area contributed by atoms with E-state index in [4.69, 9.17) is 47.5 Å². The van der Waals surface area contributed by atoms with E-state index < -0.39 is 113 Å². The van der Waals surface area contributed by atoms with Gasteiger partial charge in [-0.05, 0) is 7.05 Å². The molecule has 4 rings (SSSR count). The van der Waals surface area contributed by atoms with Crippen LogP contribution in [-0.2, 0) is 70.1 Å². The van der Waals surface area contributed by atoms with Crippen LogP contribution in [0, 0.1) is 0 Å². The predicted molar refractivity (Wildman–Crippen MR) is 177 cm³/mol. The average Bonchev–Trinajstić information content (AvgIpc) is 3.61. The normalized spacial score (nSPS) is 30.1. The Labute approximate surface area is 305 Å². The van der Waals surface area contributed by atoms with E-state index in [1.54, 1.807) is 0 Å². The molecule has 0 amide bonds. The number of anilines is 1. The zero-order valence-corrected chi connectivity index (χ0v) is 31.3. The van der Waals surface area contributed by atoms with Crippen LogP contribution in [0.1, 0.15) is 39.4 Å². The van der Waals surface area contributed by atoms with Crippen molar-refractivity contribution in [3.63, 3.8) is 0 Å². The summed E-state index contributed by atoms with van der Waals surface area (Å²) in [6.45, 7) is -2.43. The van der Waals surface area contributed by atoms with Crippen LogP contribution in [0.4, 0.5) is 5.82 Å². The van der Waals surface area contributed by atoms with E-state index in [0.29, 0.717) is 16.6 Å². The molecule has 53 heavy (non-hydrogen) atoms. The number of phosphoric ester groups is 1. The van der Waals surface area contributed by atoms with E-state index in [9.17, 15) is 43.4 Å². The number of nitrogen functional groups attached to an aromatic ring is 1. The molecule has 2 aliphatic rings. The van der Waals surface area contributed by atoms with Gasteiger partial charge >= 0.3 is 38.5 Å². The number of esters is 4. The Balaban J connectivity index is 1.53. The number of carbonyl (C=O) groups excluding carboxylic acids is 4. The molecule has 23 nitrogen and oxygen atoms in total. The topological polar surface area (TPSA) is 326 Å². The maximum Gasteiger partial charge on any atom is 0.482 e. The number of rotatable bonds is 15. The summed E-state index contributed by atoms with van der Waals surface area (Å²) in [7, 11) is -4.17. The molecule has 2 aliphatic heterocycles. The minimum absolute atomic E-state index is 0.153. The maximum atomic E-state index is 13.3. The number of nitrogens with two attached hydrogens (primary N) is 1. The first-order valence-corrected chi connectivity index (χ1v) is 19.7. The molecule has 2 aromatic rings. The second kappa shape index (κ2) is 17.5. The van der Waals surface area contributed by atoms with E-state index >= 15 is 0 Å². The Morgan fingerprint density at radius 2 is 1.68 bits per heavy atom. The zero-order valence-electron chi connectivity index (χ0n) is 28.6. The molecule has 0 spiro atoms. The molecule has 0 aliphatic carbocycles. The van der Waals surface area contributed by atoms with Gasteiger partial charge in [0.05, 0.1) is 18.2 Å². The number of carbonyl (C=O) groups is 4. The predicted octanol–water partition coefficient (Wildman–Crippen LogP) is -0.439. The van der Waals surface area contributed by atoms with Gasteiger partial charge in [-0.3, -0.25) is 28.2 Å². The van der Waals surface area contributed by atoms with Crippen molar-refractivity contribution in [1.82, 2.24) is 20.3 Å². The van der Waals surface area contributed by atoms with Crippen molar-refractivity contribution in [3.05, 3.63) is 18.1 Å². The number of fused-ring (bicyclic) bond motifs is 1. The fraction of sp³-hybridized carbons (Fsp3) is 0.630. The number of thiol groups is 1. The van der Waals surface area contributed by atoms with Gasteiger partial charge in [-0.25, -0.2) is 19.1 Å². The van der Waals surface area contributed by atoms with E-state index in [0.717, 1.165) is 27.7 Å². The maximum absolute atomic E-state index is 13.3. The van der Waals surface area contributed by atoms with Crippen LogP contribution in [0.2, 0.25) is 0 Å². The first-order valence-electron chi connectivity index (χ1n) is 15.5. The Morgan fingerprint density at radius 1 is 1.02 bits per heavy atom. The van der Waals surface area contributed by atoms with Crippen LogP contribution in [0.15, 0.2) is 12.5 Å². The third-order valence-electron chi connectivity index (χ3n) is 7.70. The van der Waals surface area contributed by atoms with Gasteiger partial charge in [0.1, 0.15) is 49.0 Å². The molecule has 12 atom stereocenters. The molecule has 0 aromatic carbocycles. The summed E-state index contributed by atoms with van der Waals surface area (Å²) in [4.78, 5) is 69.1. The molecule has 296 valence electrons. The lowest BCUT2D eigenvalue weighted by Crippen LogP contribution is -2.64. The first kappa shape index (κ1) is 42.5. The van der Waals surface area contributed by atoms with Crippen LogP contribution in [-0.4, -0.2) is 129 Å². The van der Waals surface area contributed by atoms with Crippen LogP contribution in [0.5, 0.6) is 0 Å². The van der Waals surface area contributed by atoms with Gasteiger partial charge in [-0.2, -0.15) is 4.31 Å². The molecular formula is C27H39N5O18P2S. The van der Waals surface area contributed by atoms with Crippen molar-refractivity contribution >= 4 is 67.6 Å². The number of aromatic amines is 1. The van der Waals surface area contributed by atoms with Gasteiger partial charge in [-0.1, -0.05) is 12.2 Å². The summed E-state index contributed by atoms with van der Waals surface area (Å²) in [6, 6.07) is -0.853. The van der Waals surface area contributed by atoms with Crippen molar-refractivity contribution in [2.75, 3.05) is 26.0 Å². The van der Waals surface area contributed by atoms with Gasteiger partial charge in [0.15, 0.2) is 24.1 Å². The summed E-state index contributed by atoms with van der Waals surface area (Å²) in [5.74, 6) is -3.73. The SMILES string of the molecule is CN[C@H]1[C@@H](O)[C@H](c2c[nH]c3c(N)ncnc23)O[C@@H]1COP(=O)(S)OP(=O)(O)OC1OC([C@H](COC(C)=O)OC(C)=O)C(O)C(OC(C)=O)C1OC(C)=O. The molecule has 0 bridgehead atoms. The largest absolute Gasteiger partial charge is 0.482 e. The third-order valence-corrected chi connectivity index (χ3v) is 11.3. The third kappa shape index (κ3) is 10.7. The van der Waals surface area contributed by atoms with Gasteiger partial charge < -0.3 is 59.6 Å². The highest BCUT2D eigenvalue weighted by molar-refractivity contribution is 8.45. The lowest BCUT2D eigenvalue weighted by molar-refractivity contribution is -0.299. The van der Waals surface area contributed by atoms with Crippen LogP contribution < -0.4 is 11.1 Å². The lowest BCUT2D eigenvalue weighted by Gasteiger charge is -2.44. The fourth-order valence-corrected chi connectivity index (χ4v) is 8.86. The molecule has 2 fully saturated rings. The highest BCUT2D eigenvalue weighted by Crippen LogP contribution is 2.66. The Bertz CT molecular complexity index is 1770. The van der Waals surface area contributed by atoms with Crippen molar-refractivity contribution in [2.24, 2.45) is 0 Å². The molecule has 7 unspecified atom stereocenters. The molecule has 0 radical (unpaired) electrons. The van der Waals surface area contributed by atoms with E-state index in [-0.39, 0.29) is 5.82 Å². The Kier molecular flexibility index (Phi) is 14.0. The van der Waals surface area contributed by atoms with E-state index in [2.05, 4.69) is 32.5 Å². The number of phosphoric acid groups is 1. The van der Waals surface area contributed by atoms with Crippen molar-refractivity contribution < 1.29 is 85.2 Å². The number of H-pyrrole nitrogens is 1. The smallest absolute Gasteiger partial charge is 0.462 e. The highest BCUT2D eigenvalue weighted by Gasteiger charge is 2.55. The summed E-state index contributed by atoms with van der Waals surface area (Å²) < 4.78 is 73.4. The number of aliphatic hydroxyl groups is 2. The molecule has 4 heterocycles. The zero-order chi connectivity index (χ0) is 39.4. The Morgan fingerprint density at radius 3 is 2.28 bits per heavy atom. The number of aromatic nitrogens is 3. The highest BCUT2D eigenvalue weighted by atomic mass is 32.7. The molecule has 26 heteroatoms. The second-order valence-electron chi connectivity index (χ2n) is 11.6. The standard InChI is InChI=1S/C27H39N5O18P2S/c1-10(33)42-7-16(44-11(2)34)23-21(38)24(45-12(3)35)25(46-13(4)36)27(48-23)49-51(39,40)50-52(41,53)43-8-15-18(29-5)20(37)22(47-15)14-6-30-19-17(14)31-9-32-26(19)28/h6,9,15-16,18,20-25,27,29-30,37-38H,7-8H2,1-5H3,(H,39,40)(H,41,53)(H2,28,31,32)/t15-,16+,18-,20-,21?,22+,23?,24?,25?,27?,52?/m1/s1. The lowest BCUT2D eigenvalue weighted by atomic mass is 9.95. The number of likely N-dealkylation sites (N-methyl/N-ethyl adjacent to an activating group) is 1. The van der Waals surface area contributed by atoms with Crippen LogP contribution in [0.3, 0.4) is 0 Å². The van der Waals surface area contributed by atoms with Crippen molar-refractivity contribution in [2.45, 2.75) is 88.9 Å². The molecule has 0 saturated carbocycles.